The van der Waals surface area contributed by atoms with Gasteiger partial charge in [-0.2, -0.15) is 0 Å². The highest BCUT2D eigenvalue weighted by molar-refractivity contribution is 9.10. The van der Waals surface area contributed by atoms with E-state index in [0.717, 1.165) is 9.80 Å². The first-order valence-electron chi connectivity index (χ1n) is 14.5. The van der Waals surface area contributed by atoms with Crippen LogP contribution in [0.3, 0.4) is 0 Å². The van der Waals surface area contributed by atoms with E-state index in [9.17, 15) is 29.1 Å². The smallest absolute Gasteiger partial charge is 0.254 e. The first kappa shape index (κ1) is 31.3. The van der Waals surface area contributed by atoms with Crippen LogP contribution < -0.4 is 4.90 Å². The largest absolute Gasteiger partial charge is 0.508 e. The van der Waals surface area contributed by atoms with Crippen LogP contribution in [0.5, 0.6) is 5.75 Å². The third-order valence-electron chi connectivity index (χ3n) is 9.74. The Balaban J connectivity index is 1.29. The molecule has 0 aromatic heterocycles. The van der Waals surface area contributed by atoms with Crippen LogP contribution in [0.2, 0.25) is 0 Å². The van der Waals surface area contributed by atoms with Crippen molar-refractivity contribution in [1.29, 1.82) is 0 Å². The van der Waals surface area contributed by atoms with Crippen molar-refractivity contribution >= 4 is 90.2 Å². The lowest BCUT2D eigenvalue weighted by molar-refractivity contribution is -0.138. The van der Waals surface area contributed by atoms with Gasteiger partial charge in [0.15, 0.2) is 15.5 Å². The lowest BCUT2D eigenvalue weighted by Gasteiger charge is -2.50. The summed E-state index contributed by atoms with van der Waals surface area (Å²) >= 11 is 21.1. The van der Waals surface area contributed by atoms with Gasteiger partial charge < -0.3 is 5.11 Å². The standard InChI is InChI=1S/C34H24Br2Cl2N2O6/c35-16-39-31(45)33(37)15-24-21(27(34(33,38)32(39)46)23-14-19(36)8-13-25(23)41)11-12-22-26(24)30(44)40(29(22)43)20-9-6-18(7-10-20)28(42)17-4-2-1-3-5-17/h1-11,13-14,22,24,26-27,41H,12,15-16H2/t22-,24+,26-,27+,33+,34-/m0/s1. The van der Waals surface area contributed by atoms with E-state index in [2.05, 4.69) is 31.9 Å². The number of fused-ring (bicyclic) bond motifs is 4. The first-order chi connectivity index (χ1) is 21.9. The molecular weight excluding hydrogens is 763 g/mol. The fourth-order valence-electron chi connectivity index (χ4n) is 7.63. The SMILES string of the molecule is O=C(c1ccccc1)c1ccc(N2C(=O)[C@H]3[C@H](CC=C4[C@H]3C[C@@]3(Cl)C(=O)N(CBr)C(=O)[C@@]3(Cl)[C@H]4c3cc(Br)ccc3O)C2=O)cc1. The molecule has 12 heteroatoms. The molecule has 46 heavy (non-hydrogen) atoms. The van der Waals surface area contributed by atoms with Crippen molar-refractivity contribution < 1.29 is 29.1 Å². The Morgan fingerprint density at radius 1 is 0.891 bits per heavy atom. The number of hydrogen-bond donors (Lipinski definition) is 1. The van der Waals surface area contributed by atoms with Crippen molar-refractivity contribution in [1.82, 2.24) is 4.90 Å². The van der Waals surface area contributed by atoms with Crippen molar-refractivity contribution in [2.24, 2.45) is 17.8 Å². The zero-order valence-electron chi connectivity index (χ0n) is 23.8. The number of amides is 4. The van der Waals surface area contributed by atoms with Crippen LogP contribution in [0, 0.1) is 17.8 Å². The molecule has 8 nitrogen and oxygen atoms in total. The van der Waals surface area contributed by atoms with E-state index in [1.54, 1.807) is 60.7 Å². The highest BCUT2D eigenvalue weighted by Crippen LogP contribution is 2.66. The quantitative estimate of drug-likeness (QED) is 0.107. The fourth-order valence-corrected chi connectivity index (χ4v) is 9.42. The highest BCUT2D eigenvalue weighted by Gasteiger charge is 2.76. The van der Waals surface area contributed by atoms with Crippen LogP contribution >= 0.6 is 55.1 Å². The van der Waals surface area contributed by atoms with Gasteiger partial charge in [0.2, 0.25) is 11.8 Å². The summed E-state index contributed by atoms with van der Waals surface area (Å²) in [6, 6.07) is 19.8. The predicted octanol–water partition coefficient (Wildman–Crippen LogP) is 6.30. The van der Waals surface area contributed by atoms with Crippen LogP contribution in [-0.2, 0) is 19.2 Å². The van der Waals surface area contributed by atoms with Crippen LogP contribution in [0.25, 0.3) is 0 Å². The number of halogens is 4. The minimum atomic E-state index is -2.01. The molecule has 2 aliphatic heterocycles. The van der Waals surface area contributed by atoms with Gasteiger partial charge in [0.25, 0.3) is 11.8 Å². The number of phenols is 1. The molecule has 0 bridgehead atoms. The molecule has 4 aliphatic rings. The van der Waals surface area contributed by atoms with E-state index in [1.807, 2.05) is 12.1 Å². The van der Waals surface area contributed by atoms with Gasteiger partial charge in [0, 0.05) is 27.1 Å². The Hall–Kier alpha value is -3.31. The molecule has 1 N–H and O–H groups in total. The van der Waals surface area contributed by atoms with E-state index < -0.39 is 57.0 Å². The predicted molar refractivity (Wildman–Crippen MR) is 178 cm³/mol. The highest BCUT2D eigenvalue weighted by atomic mass is 79.9. The van der Waals surface area contributed by atoms with Crippen molar-refractivity contribution in [3.8, 4) is 5.75 Å². The van der Waals surface area contributed by atoms with Gasteiger partial charge in [0.05, 0.1) is 23.0 Å². The summed E-state index contributed by atoms with van der Waals surface area (Å²) in [5.41, 5.74) is 1.94. The fraction of sp³-hybridized carbons (Fsp3) is 0.265. The van der Waals surface area contributed by atoms with Crippen LogP contribution in [0.4, 0.5) is 5.69 Å². The molecule has 2 saturated heterocycles. The molecule has 234 valence electrons. The molecule has 3 aromatic carbocycles. The summed E-state index contributed by atoms with van der Waals surface area (Å²) in [4.78, 5) is 66.9. The lowest BCUT2D eigenvalue weighted by Crippen LogP contribution is -2.60. The number of aromatic hydroxyl groups is 1. The summed E-state index contributed by atoms with van der Waals surface area (Å²) in [5, 5.41) is 11.1. The van der Waals surface area contributed by atoms with Crippen LogP contribution in [0.1, 0.15) is 40.2 Å². The molecule has 3 fully saturated rings. The van der Waals surface area contributed by atoms with E-state index >= 15 is 0 Å². The second-order valence-electron chi connectivity index (χ2n) is 11.9. The van der Waals surface area contributed by atoms with Crippen molar-refractivity contribution in [2.45, 2.75) is 28.5 Å². The average molecular weight is 787 g/mol. The minimum absolute atomic E-state index is 0.144. The number of ketones is 1. The van der Waals surface area contributed by atoms with Gasteiger partial charge in [-0.15, -0.1) is 23.2 Å². The number of rotatable bonds is 5. The third-order valence-corrected chi connectivity index (χ3v) is 12.1. The Labute approximate surface area is 290 Å². The monoisotopic (exact) mass is 784 g/mol. The number of hydrogen-bond acceptors (Lipinski definition) is 6. The number of imide groups is 2. The van der Waals surface area contributed by atoms with E-state index in [0.29, 0.717) is 26.9 Å². The molecular formula is C34H24Br2Cl2N2O6. The van der Waals surface area contributed by atoms with E-state index in [-0.39, 0.29) is 35.4 Å². The van der Waals surface area contributed by atoms with Gasteiger partial charge >= 0.3 is 0 Å². The Morgan fingerprint density at radius 3 is 2.24 bits per heavy atom. The number of benzene rings is 3. The molecule has 1 saturated carbocycles. The normalized spacial score (nSPS) is 30.2. The van der Waals surface area contributed by atoms with E-state index in [4.69, 9.17) is 23.2 Å². The maximum atomic E-state index is 14.3. The summed E-state index contributed by atoms with van der Waals surface area (Å²) in [6.07, 6.45) is 1.82. The van der Waals surface area contributed by atoms with Crippen LogP contribution in [0.15, 0.2) is 88.9 Å². The third kappa shape index (κ3) is 4.26. The molecule has 2 aliphatic carbocycles. The number of alkyl halides is 3. The van der Waals surface area contributed by atoms with Crippen molar-refractivity contribution in [2.75, 3.05) is 10.4 Å². The van der Waals surface area contributed by atoms with E-state index in [1.165, 1.54) is 6.07 Å². The molecule has 3 aromatic rings. The second-order valence-corrected chi connectivity index (χ2v) is 14.6. The maximum Gasteiger partial charge on any atom is 0.254 e. The average Bonchev–Trinajstić information content (AvgIpc) is 3.40. The number of likely N-dealkylation sites (tertiary alicyclic amines) is 1. The number of phenolic OH excluding ortho intramolecular Hbond substituents is 1. The number of nitrogens with zero attached hydrogens (tertiary/aromatic N) is 2. The van der Waals surface area contributed by atoms with Crippen LogP contribution in [-0.4, -0.2) is 54.6 Å². The van der Waals surface area contributed by atoms with Gasteiger partial charge in [0.1, 0.15) is 5.75 Å². The summed E-state index contributed by atoms with van der Waals surface area (Å²) < 4.78 is 0.596. The number of carbonyl (C=O) groups is 5. The number of anilines is 1. The molecule has 7 rings (SSSR count). The van der Waals surface area contributed by atoms with Gasteiger partial charge in [-0.05, 0) is 61.2 Å². The van der Waals surface area contributed by atoms with Crippen molar-refractivity contribution in [3.05, 3.63) is 106 Å². The number of allylic oxidation sites excluding steroid dienone is 2. The minimum Gasteiger partial charge on any atom is -0.508 e. The topological polar surface area (TPSA) is 112 Å². The lowest BCUT2D eigenvalue weighted by atomic mass is 9.56. The van der Waals surface area contributed by atoms with Crippen molar-refractivity contribution in [3.63, 3.8) is 0 Å². The van der Waals surface area contributed by atoms with Gasteiger partial charge in [-0.1, -0.05) is 73.8 Å². The maximum absolute atomic E-state index is 14.3. The second kappa shape index (κ2) is 11.1. The molecule has 6 atom stereocenters. The summed E-state index contributed by atoms with van der Waals surface area (Å²) in [7, 11) is 0. The van der Waals surface area contributed by atoms with Gasteiger partial charge in [-0.3, -0.25) is 33.8 Å². The summed E-state index contributed by atoms with van der Waals surface area (Å²) in [5.74, 6) is -6.10. The zero-order valence-corrected chi connectivity index (χ0v) is 28.5. The number of carbonyl (C=O) groups excluding carboxylic acids is 5. The molecule has 0 unspecified atom stereocenters. The Bertz CT molecular complexity index is 1890. The molecule has 2 heterocycles. The first-order valence-corrected chi connectivity index (χ1v) is 17.2. The summed E-state index contributed by atoms with van der Waals surface area (Å²) in [6.45, 7) is 0. The molecule has 4 amide bonds. The Morgan fingerprint density at radius 2 is 1.57 bits per heavy atom. The molecule has 0 spiro atoms. The molecule has 0 radical (unpaired) electrons. The van der Waals surface area contributed by atoms with Gasteiger partial charge in [-0.25, -0.2) is 0 Å². The zero-order chi connectivity index (χ0) is 32.7. The Kier molecular flexibility index (Phi) is 7.58.